The molecule has 0 unspecified atom stereocenters. The number of carbonyl (C=O) groups is 2. The molecule has 2 aromatic carbocycles. The smallest absolute Gasteiger partial charge is 0.330 e. The fourth-order valence-electron chi connectivity index (χ4n) is 2.92. The molecule has 1 aliphatic rings. The standard InChI is InChI=1S/C19H15ClN4O4/c20-12-1-6-16-15(9-12)24(18(26)11-28-16)10-17(25)22-13-2-4-14(5-3-13)23-8-7-21-19(23)27/h1-9H,10-11H2,(H,21,27)(H,22,25). The van der Waals surface area contributed by atoms with Gasteiger partial charge in [0.2, 0.25) is 5.91 Å². The van der Waals surface area contributed by atoms with E-state index in [4.69, 9.17) is 16.3 Å². The molecule has 0 saturated carbocycles. The van der Waals surface area contributed by atoms with Crippen LogP contribution < -0.4 is 20.6 Å². The molecular weight excluding hydrogens is 384 g/mol. The second-order valence-electron chi connectivity index (χ2n) is 6.11. The number of benzene rings is 2. The lowest BCUT2D eigenvalue weighted by Gasteiger charge is -2.29. The summed E-state index contributed by atoms with van der Waals surface area (Å²) in [6.45, 7) is -0.309. The summed E-state index contributed by atoms with van der Waals surface area (Å²) in [6.07, 6.45) is 3.16. The summed E-state index contributed by atoms with van der Waals surface area (Å²) in [4.78, 5) is 40.2. The molecule has 0 saturated heterocycles. The van der Waals surface area contributed by atoms with Crippen molar-refractivity contribution in [2.45, 2.75) is 0 Å². The molecule has 2 amide bonds. The van der Waals surface area contributed by atoms with E-state index < -0.39 is 0 Å². The minimum Gasteiger partial charge on any atom is -0.482 e. The summed E-state index contributed by atoms with van der Waals surface area (Å²) < 4.78 is 6.81. The van der Waals surface area contributed by atoms with Crippen LogP contribution in [0.1, 0.15) is 0 Å². The maximum atomic E-state index is 12.4. The molecule has 0 aliphatic carbocycles. The van der Waals surface area contributed by atoms with E-state index in [1.54, 1.807) is 54.9 Å². The van der Waals surface area contributed by atoms with Crippen LogP contribution in [0.4, 0.5) is 11.4 Å². The topological polar surface area (TPSA) is 96.4 Å². The number of fused-ring (bicyclic) bond motifs is 1. The second kappa shape index (κ2) is 7.24. The van der Waals surface area contributed by atoms with Crippen LogP contribution in [0.3, 0.4) is 0 Å². The number of rotatable bonds is 4. The number of H-pyrrole nitrogens is 1. The van der Waals surface area contributed by atoms with Gasteiger partial charge in [-0.25, -0.2) is 4.79 Å². The number of hydrogen-bond acceptors (Lipinski definition) is 4. The first kappa shape index (κ1) is 17.9. The van der Waals surface area contributed by atoms with Gasteiger partial charge < -0.3 is 15.0 Å². The number of amides is 2. The molecule has 28 heavy (non-hydrogen) atoms. The minimum absolute atomic E-state index is 0.137. The molecule has 0 radical (unpaired) electrons. The Morgan fingerprint density at radius 1 is 1.18 bits per heavy atom. The lowest BCUT2D eigenvalue weighted by Crippen LogP contribution is -2.43. The molecule has 4 rings (SSSR count). The van der Waals surface area contributed by atoms with Crippen LogP contribution >= 0.6 is 11.6 Å². The van der Waals surface area contributed by atoms with Gasteiger partial charge in [-0.1, -0.05) is 11.6 Å². The maximum Gasteiger partial charge on any atom is 0.330 e. The van der Waals surface area contributed by atoms with Crippen LogP contribution in [0.15, 0.2) is 59.7 Å². The highest BCUT2D eigenvalue weighted by atomic mass is 35.5. The Hall–Kier alpha value is -3.52. The van der Waals surface area contributed by atoms with E-state index >= 15 is 0 Å². The fourth-order valence-corrected chi connectivity index (χ4v) is 3.09. The molecule has 0 bridgehead atoms. The zero-order valence-corrected chi connectivity index (χ0v) is 15.3. The number of ether oxygens (including phenoxy) is 1. The van der Waals surface area contributed by atoms with E-state index in [1.165, 1.54) is 9.47 Å². The molecule has 0 atom stereocenters. The predicted molar refractivity (Wildman–Crippen MR) is 104 cm³/mol. The first-order valence-electron chi connectivity index (χ1n) is 8.40. The van der Waals surface area contributed by atoms with E-state index in [9.17, 15) is 14.4 Å². The van der Waals surface area contributed by atoms with Crippen molar-refractivity contribution in [3.63, 3.8) is 0 Å². The van der Waals surface area contributed by atoms with E-state index in [0.717, 1.165) is 0 Å². The first-order valence-corrected chi connectivity index (χ1v) is 8.78. The van der Waals surface area contributed by atoms with Gasteiger partial charge in [-0.05, 0) is 42.5 Å². The van der Waals surface area contributed by atoms with Crippen molar-refractivity contribution in [2.24, 2.45) is 0 Å². The van der Waals surface area contributed by atoms with Crippen molar-refractivity contribution in [2.75, 3.05) is 23.4 Å². The summed E-state index contributed by atoms with van der Waals surface area (Å²) in [5.74, 6) is -0.196. The highest BCUT2D eigenvalue weighted by Crippen LogP contribution is 2.34. The summed E-state index contributed by atoms with van der Waals surface area (Å²) in [5.41, 5.74) is 1.42. The quantitative estimate of drug-likeness (QED) is 0.704. The highest BCUT2D eigenvalue weighted by Gasteiger charge is 2.27. The van der Waals surface area contributed by atoms with Crippen molar-refractivity contribution in [3.8, 4) is 11.4 Å². The number of hydrogen-bond donors (Lipinski definition) is 2. The van der Waals surface area contributed by atoms with Gasteiger partial charge in [0.25, 0.3) is 5.91 Å². The van der Waals surface area contributed by atoms with Gasteiger partial charge in [-0.15, -0.1) is 0 Å². The first-order chi connectivity index (χ1) is 13.5. The molecule has 142 valence electrons. The normalized spacial score (nSPS) is 13.0. The number of nitrogens with zero attached hydrogens (tertiary/aromatic N) is 2. The zero-order chi connectivity index (χ0) is 19.7. The third-order valence-corrected chi connectivity index (χ3v) is 4.48. The van der Waals surface area contributed by atoms with Gasteiger partial charge >= 0.3 is 5.69 Å². The Bertz CT molecular complexity index is 1100. The van der Waals surface area contributed by atoms with Gasteiger partial charge in [0.15, 0.2) is 6.61 Å². The number of aromatic amines is 1. The van der Waals surface area contributed by atoms with Gasteiger partial charge in [0.05, 0.1) is 11.4 Å². The number of aromatic nitrogens is 2. The Morgan fingerprint density at radius 3 is 2.68 bits per heavy atom. The van der Waals surface area contributed by atoms with Gasteiger partial charge in [-0.2, -0.15) is 0 Å². The number of nitrogens with one attached hydrogen (secondary N) is 2. The van der Waals surface area contributed by atoms with Gasteiger partial charge in [0.1, 0.15) is 12.3 Å². The third-order valence-electron chi connectivity index (χ3n) is 4.24. The van der Waals surface area contributed by atoms with E-state index in [0.29, 0.717) is 27.8 Å². The lowest BCUT2D eigenvalue weighted by atomic mass is 10.2. The molecule has 1 aromatic heterocycles. The molecule has 0 fully saturated rings. The number of anilines is 2. The minimum atomic E-state index is -0.368. The largest absolute Gasteiger partial charge is 0.482 e. The Morgan fingerprint density at radius 2 is 1.96 bits per heavy atom. The summed E-state index contributed by atoms with van der Waals surface area (Å²) >= 11 is 6.00. The molecule has 1 aliphatic heterocycles. The van der Waals surface area contributed by atoms with Gasteiger partial charge in [0, 0.05) is 23.1 Å². The van der Waals surface area contributed by atoms with E-state index in [2.05, 4.69) is 10.3 Å². The molecule has 2 N–H and O–H groups in total. The van der Waals surface area contributed by atoms with Crippen molar-refractivity contribution in [1.82, 2.24) is 9.55 Å². The van der Waals surface area contributed by atoms with E-state index in [1.807, 2.05) is 0 Å². The molecule has 3 aromatic rings. The Labute approximate surface area is 164 Å². The van der Waals surface area contributed by atoms with Crippen molar-refractivity contribution in [1.29, 1.82) is 0 Å². The van der Waals surface area contributed by atoms with Crippen LogP contribution in [-0.4, -0.2) is 34.5 Å². The fraction of sp³-hybridized carbons (Fsp3) is 0.105. The monoisotopic (exact) mass is 398 g/mol. The van der Waals surface area contributed by atoms with Crippen LogP contribution in [0.25, 0.3) is 5.69 Å². The molecule has 8 nitrogen and oxygen atoms in total. The van der Waals surface area contributed by atoms with Crippen LogP contribution in [0.2, 0.25) is 5.02 Å². The van der Waals surface area contributed by atoms with Crippen LogP contribution in [0, 0.1) is 0 Å². The zero-order valence-electron chi connectivity index (χ0n) is 14.5. The number of halogens is 1. The van der Waals surface area contributed by atoms with Crippen LogP contribution in [-0.2, 0) is 9.59 Å². The highest BCUT2D eigenvalue weighted by molar-refractivity contribution is 6.31. The third kappa shape index (κ3) is 3.49. The second-order valence-corrected chi connectivity index (χ2v) is 6.55. The van der Waals surface area contributed by atoms with Crippen molar-refractivity contribution >= 4 is 34.8 Å². The van der Waals surface area contributed by atoms with E-state index in [-0.39, 0.29) is 30.7 Å². The molecular formula is C19H15ClN4O4. The Kier molecular flexibility index (Phi) is 4.62. The average Bonchev–Trinajstić information content (AvgIpc) is 3.11. The maximum absolute atomic E-state index is 12.4. The molecule has 2 heterocycles. The summed E-state index contributed by atoms with van der Waals surface area (Å²) in [5, 5.41) is 3.18. The number of carbonyl (C=O) groups excluding carboxylic acids is 2. The summed E-state index contributed by atoms with van der Waals surface area (Å²) in [7, 11) is 0. The van der Waals surface area contributed by atoms with Gasteiger partial charge in [-0.3, -0.25) is 19.1 Å². The average molecular weight is 399 g/mol. The number of imidazole rings is 1. The molecule has 9 heteroatoms. The van der Waals surface area contributed by atoms with Crippen molar-refractivity contribution in [3.05, 3.63) is 70.4 Å². The predicted octanol–water partition coefficient (Wildman–Crippen LogP) is 2.18. The lowest BCUT2D eigenvalue weighted by molar-refractivity contribution is -0.123. The molecule has 0 spiro atoms. The van der Waals surface area contributed by atoms with Crippen LogP contribution in [0.5, 0.6) is 5.75 Å². The van der Waals surface area contributed by atoms with Crippen molar-refractivity contribution < 1.29 is 14.3 Å². The summed E-state index contributed by atoms with van der Waals surface area (Å²) in [6, 6.07) is 11.7. The Balaban J connectivity index is 1.48. The SMILES string of the molecule is O=C(CN1C(=O)COc2ccc(Cl)cc21)Nc1ccc(-n2cc[nH]c2=O)cc1.